The van der Waals surface area contributed by atoms with Gasteiger partial charge in [-0.15, -0.1) is 0 Å². The highest BCUT2D eigenvalue weighted by Gasteiger charge is 2.01. The normalized spacial score (nSPS) is 13.0. The molecular weight excluding hydrogens is 251 g/mol. The highest BCUT2D eigenvalue weighted by atomic mass is 127. The molecule has 0 bridgehead atoms. The van der Waals surface area contributed by atoms with Gasteiger partial charge in [-0.3, -0.25) is 0 Å². The first-order chi connectivity index (χ1) is 5.24. The van der Waals surface area contributed by atoms with E-state index in [-0.39, 0.29) is 6.04 Å². The molecule has 1 rings (SSSR count). The van der Waals surface area contributed by atoms with Crippen LogP contribution in [-0.4, -0.2) is 6.54 Å². The minimum atomic E-state index is -0.0213. The standard InChI is InChI=1S/C8H11IN2/c9-7-3-1-6(2-4-7)8(11)5-10/h1-4,8H,5,10-11H2/t8-/m1/s1. The molecule has 0 spiro atoms. The Bertz CT molecular complexity index is 220. The lowest BCUT2D eigenvalue weighted by atomic mass is 10.1. The quantitative estimate of drug-likeness (QED) is 0.788. The Morgan fingerprint density at radius 1 is 1.27 bits per heavy atom. The van der Waals surface area contributed by atoms with Crippen LogP contribution in [-0.2, 0) is 0 Å². The van der Waals surface area contributed by atoms with Gasteiger partial charge in [0.1, 0.15) is 0 Å². The van der Waals surface area contributed by atoms with Crippen molar-refractivity contribution in [2.45, 2.75) is 6.04 Å². The first-order valence-electron chi connectivity index (χ1n) is 3.45. The van der Waals surface area contributed by atoms with Crippen molar-refractivity contribution in [3.63, 3.8) is 0 Å². The largest absolute Gasteiger partial charge is 0.329 e. The third-order valence-corrected chi connectivity index (χ3v) is 2.27. The molecule has 0 saturated heterocycles. The lowest BCUT2D eigenvalue weighted by Crippen LogP contribution is -2.20. The van der Waals surface area contributed by atoms with E-state index in [1.54, 1.807) is 0 Å². The number of benzene rings is 1. The van der Waals surface area contributed by atoms with Crippen LogP contribution in [0, 0.1) is 3.57 Å². The SMILES string of the molecule is NC[C@@H](N)c1ccc(I)cc1. The van der Waals surface area contributed by atoms with Gasteiger partial charge in [-0.25, -0.2) is 0 Å². The Morgan fingerprint density at radius 3 is 2.27 bits per heavy atom. The van der Waals surface area contributed by atoms with Crippen LogP contribution in [0.15, 0.2) is 24.3 Å². The summed E-state index contributed by atoms with van der Waals surface area (Å²) in [5, 5.41) is 0. The van der Waals surface area contributed by atoms with Gasteiger partial charge in [0, 0.05) is 16.2 Å². The van der Waals surface area contributed by atoms with E-state index in [1.807, 2.05) is 24.3 Å². The van der Waals surface area contributed by atoms with E-state index < -0.39 is 0 Å². The molecule has 1 aromatic carbocycles. The van der Waals surface area contributed by atoms with Crippen LogP contribution in [0.4, 0.5) is 0 Å². The van der Waals surface area contributed by atoms with Crippen molar-refractivity contribution in [2.75, 3.05) is 6.54 Å². The fourth-order valence-electron chi connectivity index (χ4n) is 0.846. The predicted molar refractivity (Wildman–Crippen MR) is 55.1 cm³/mol. The molecule has 0 amide bonds. The molecule has 0 radical (unpaired) electrons. The average Bonchev–Trinajstić information content (AvgIpc) is 2.05. The third kappa shape index (κ3) is 2.43. The van der Waals surface area contributed by atoms with Crippen LogP contribution in [0.3, 0.4) is 0 Å². The first kappa shape index (κ1) is 8.96. The van der Waals surface area contributed by atoms with Crippen molar-refractivity contribution in [3.8, 4) is 0 Å². The zero-order valence-electron chi connectivity index (χ0n) is 6.13. The summed E-state index contributed by atoms with van der Waals surface area (Å²) in [5.74, 6) is 0. The second-order valence-electron chi connectivity index (χ2n) is 2.39. The summed E-state index contributed by atoms with van der Waals surface area (Å²) < 4.78 is 1.22. The maximum absolute atomic E-state index is 5.72. The van der Waals surface area contributed by atoms with E-state index in [0.717, 1.165) is 5.56 Å². The summed E-state index contributed by atoms with van der Waals surface area (Å²) in [6.07, 6.45) is 0. The number of hydrogen-bond acceptors (Lipinski definition) is 2. The van der Waals surface area contributed by atoms with Crippen LogP contribution in [0.1, 0.15) is 11.6 Å². The lowest BCUT2D eigenvalue weighted by Gasteiger charge is -2.07. The van der Waals surface area contributed by atoms with Crippen LogP contribution in [0.25, 0.3) is 0 Å². The fraction of sp³-hybridized carbons (Fsp3) is 0.250. The van der Waals surface area contributed by atoms with Gasteiger partial charge >= 0.3 is 0 Å². The molecule has 60 valence electrons. The number of halogens is 1. The third-order valence-electron chi connectivity index (χ3n) is 1.55. The summed E-state index contributed by atoms with van der Waals surface area (Å²) in [5.41, 5.74) is 12.2. The predicted octanol–water partition coefficient (Wildman–Crippen LogP) is 1.25. The second kappa shape index (κ2) is 4.04. The highest BCUT2D eigenvalue weighted by molar-refractivity contribution is 14.1. The van der Waals surface area contributed by atoms with Gasteiger partial charge < -0.3 is 11.5 Å². The smallest absolute Gasteiger partial charge is 0.0419 e. The molecule has 0 aliphatic heterocycles. The minimum Gasteiger partial charge on any atom is -0.329 e. The molecule has 0 fully saturated rings. The van der Waals surface area contributed by atoms with E-state index >= 15 is 0 Å². The molecular formula is C8H11IN2. The Labute approximate surface area is 80.1 Å². The van der Waals surface area contributed by atoms with Crippen molar-refractivity contribution in [1.29, 1.82) is 0 Å². The van der Waals surface area contributed by atoms with Crippen molar-refractivity contribution in [3.05, 3.63) is 33.4 Å². The average molecular weight is 262 g/mol. The maximum atomic E-state index is 5.72. The van der Waals surface area contributed by atoms with E-state index in [2.05, 4.69) is 22.6 Å². The highest BCUT2D eigenvalue weighted by Crippen LogP contribution is 2.11. The monoisotopic (exact) mass is 262 g/mol. The molecule has 4 N–H and O–H groups in total. The maximum Gasteiger partial charge on any atom is 0.0419 e. The van der Waals surface area contributed by atoms with Crippen molar-refractivity contribution < 1.29 is 0 Å². The molecule has 3 heteroatoms. The molecule has 0 heterocycles. The van der Waals surface area contributed by atoms with Crippen LogP contribution in [0.2, 0.25) is 0 Å². The molecule has 0 aliphatic carbocycles. The fourth-order valence-corrected chi connectivity index (χ4v) is 1.21. The van der Waals surface area contributed by atoms with Crippen LogP contribution < -0.4 is 11.5 Å². The molecule has 2 nitrogen and oxygen atoms in total. The Morgan fingerprint density at radius 2 is 1.82 bits per heavy atom. The molecule has 1 atom stereocenters. The van der Waals surface area contributed by atoms with Gasteiger partial charge in [-0.05, 0) is 40.3 Å². The van der Waals surface area contributed by atoms with E-state index in [4.69, 9.17) is 11.5 Å². The molecule has 11 heavy (non-hydrogen) atoms. The van der Waals surface area contributed by atoms with Gasteiger partial charge in [-0.2, -0.15) is 0 Å². The molecule has 0 unspecified atom stereocenters. The van der Waals surface area contributed by atoms with Gasteiger partial charge in [0.15, 0.2) is 0 Å². The van der Waals surface area contributed by atoms with Crippen LogP contribution >= 0.6 is 22.6 Å². The molecule has 1 aromatic rings. The Hall–Kier alpha value is -0.130. The Balaban J connectivity index is 2.81. The van der Waals surface area contributed by atoms with Crippen molar-refractivity contribution in [1.82, 2.24) is 0 Å². The first-order valence-corrected chi connectivity index (χ1v) is 4.53. The van der Waals surface area contributed by atoms with E-state index in [0.29, 0.717) is 6.54 Å². The molecule has 0 saturated carbocycles. The lowest BCUT2D eigenvalue weighted by molar-refractivity contribution is 0.737. The van der Waals surface area contributed by atoms with Crippen LogP contribution in [0.5, 0.6) is 0 Å². The summed E-state index contributed by atoms with van der Waals surface area (Å²) in [4.78, 5) is 0. The summed E-state index contributed by atoms with van der Waals surface area (Å²) in [7, 11) is 0. The zero-order chi connectivity index (χ0) is 8.27. The molecule has 0 aromatic heterocycles. The Kier molecular flexibility index (Phi) is 3.29. The van der Waals surface area contributed by atoms with Crippen molar-refractivity contribution >= 4 is 22.6 Å². The minimum absolute atomic E-state index is 0.0213. The zero-order valence-corrected chi connectivity index (χ0v) is 8.28. The number of hydrogen-bond donors (Lipinski definition) is 2. The second-order valence-corrected chi connectivity index (χ2v) is 3.64. The van der Waals surface area contributed by atoms with E-state index in [1.165, 1.54) is 3.57 Å². The summed E-state index contributed by atoms with van der Waals surface area (Å²) >= 11 is 2.26. The summed E-state index contributed by atoms with van der Waals surface area (Å²) in [6.45, 7) is 0.501. The van der Waals surface area contributed by atoms with Crippen molar-refractivity contribution in [2.24, 2.45) is 11.5 Å². The topological polar surface area (TPSA) is 52.0 Å². The summed E-state index contributed by atoms with van der Waals surface area (Å²) in [6, 6.07) is 8.07. The number of rotatable bonds is 2. The molecule has 0 aliphatic rings. The van der Waals surface area contributed by atoms with E-state index in [9.17, 15) is 0 Å². The van der Waals surface area contributed by atoms with Gasteiger partial charge in [-0.1, -0.05) is 12.1 Å². The van der Waals surface area contributed by atoms with Gasteiger partial charge in [0.2, 0.25) is 0 Å². The van der Waals surface area contributed by atoms with Gasteiger partial charge in [0.25, 0.3) is 0 Å². The van der Waals surface area contributed by atoms with Gasteiger partial charge in [0.05, 0.1) is 0 Å². The number of nitrogens with two attached hydrogens (primary N) is 2.